The lowest BCUT2D eigenvalue weighted by atomic mass is 9.91. The van der Waals surface area contributed by atoms with Gasteiger partial charge in [0.15, 0.2) is 0 Å². The topological polar surface area (TPSA) is 36.9 Å². The molecule has 0 heterocycles. The zero-order chi connectivity index (χ0) is 35.3. The van der Waals surface area contributed by atoms with Gasteiger partial charge in [-0.25, -0.2) is 0 Å². The van der Waals surface area contributed by atoms with Gasteiger partial charge in [0.25, 0.3) is 0 Å². The number of benzene rings is 8. The lowest BCUT2D eigenvalue weighted by Gasteiger charge is -2.28. The van der Waals surface area contributed by atoms with Gasteiger partial charge in [0.2, 0.25) is 0 Å². The fraction of sp³-hybridized carbons (Fsp3) is 0.0435. The largest absolute Gasteiger partial charge is 0.435 e. The van der Waals surface area contributed by atoms with Gasteiger partial charge in [-0.2, -0.15) is 0 Å². The van der Waals surface area contributed by atoms with Crippen molar-refractivity contribution in [3.8, 4) is 34.1 Å². The zero-order valence-corrected chi connectivity index (χ0v) is 30.6. The Morgan fingerprint density at radius 3 is 0.904 bits per heavy atom. The Labute approximate surface area is 307 Å². The van der Waals surface area contributed by atoms with Gasteiger partial charge >= 0.3 is 16.8 Å². The smallest absolute Gasteiger partial charge is 0.327 e. The summed E-state index contributed by atoms with van der Waals surface area (Å²) in [5, 5.41) is 6.43. The van der Waals surface area contributed by atoms with Crippen LogP contribution in [0.25, 0.3) is 32.7 Å². The molecule has 0 saturated carbocycles. The first kappa shape index (κ1) is 33.5. The van der Waals surface area contributed by atoms with Crippen LogP contribution < -0.4 is 28.7 Å². The van der Waals surface area contributed by atoms with E-state index in [9.17, 15) is 0 Å². The summed E-state index contributed by atoms with van der Waals surface area (Å²) in [5.74, 6) is 2.94. The van der Waals surface area contributed by atoms with Gasteiger partial charge in [-0.15, -0.1) is 0 Å². The molecule has 52 heavy (non-hydrogen) atoms. The van der Waals surface area contributed by atoms with Gasteiger partial charge in [0.05, 0.1) is 10.6 Å². The van der Waals surface area contributed by atoms with Gasteiger partial charge in [0, 0.05) is 11.1 Å². The average Bonchev–Trinajstić information content (AvgIpc) is 3.18. The number of fused-ring (bicyclic) bond motifs is 2. The maximum Gasteiger partial charge on any atom is 0.327 e. The lowest BCUT2D eigenvalue weighted by Crippen LogP contribution is -2.22. The van der Waals surface area contributed by atoms with Crippen LogP contribution in [0.3, 0.4) is 0 Å². The quantitative estimate of drug-likeness (QED) is 0.125. The van der Waals surface area contributed by atoms with Crippen LogP contribution in [0, 0.1) is 13.8 Å². The van der Waals surface area contributed by atoms with Crippen molar-refractivity contribution in [1.82, 2.24) is 0 Å². The number of para-hydroxylation sites is 4. The predicted octanol–water partition coefficient (Wildman–Crippen LogP) is 12.5. The van der Waals surface area contributed by atoms with Crippen LogP contribution in [0.5, 0.6) is 23.0 Å². The van der Waals surface area contributed by atoms with Gasteiger partial charge in [-0.3, -0.25) is 0 Å². The zero-order valence-electron chi connectivity index (χ0n) is 28.8. The molecule has 0 fully saturated rings. The average molecular weight is 715 g/mol. The fourth-order valence-corrected chi connectivity index (χ4v) is 9.69. The highest BCUT2D eigenvalue weighted by Crippen LogP contribution is 2.50. The summed E-state index contributed by atoms with van der Waals surface area (Å²) in [6.45, 7) is 4.31. The molecule has 0 unspecified atom stereocenters. The number of hydrogen-bond donors (Lipinski definition) is 0. The molecule has 0 aliphatic rings. The molecule has 8 rings (SSSR count). The van der Waals surface area contributed by atoms with Gasteiger partial charge < -0.3 is 18.1 Å². The van der Waals surface area contributed by atoms with E-state index in [0.29, 0.717) is 0 Å². The van der Waals surface area contributed by atoms with E-state index in [1.165, 1.54) is 0 Å². The Balaban J connectivity index is 1.45. The van der Waals surface area contributed by atoms with E-state index in [1.807, 2.05) is 121 Å². The molecule has 0 N–H and O–H groups in total. The molecule has 8 aromatic rings. The van der Waals surface area contributed by atoms with Crippen molar-refractivity contribution in [3.05, 3.63) is 193 Å². The molecule has 6 heteroatoms. The molecule has 0 bridgehead atoms. The summed E-state index contributed by atoms with van der Waals surface area (Å²) in [6.07, 6.45) is 0. The van der Waals surface area contributed by atoms with Crippen LogP contribution in [0.15, 0.2) is 182 Å². The van der Waals surface area contributed by atoms with Gasteiger partial charge in [-0.1, -0.05) is 133 Å². The molecule has 0 aliphatic carbocycles. The molecular weight excluding hydrogens is 678 g/mol. The third kappa shape index (κ3) is 7.10. The van der Waals surface area contributed by atoms with E-state index >= 15 is 0 Å². The maximum atomic E-state index is 6.92. The first-order valence-electron chi connectivity index (χ1n) is 17.2. The molecule has 0 aliphatic heterocycles. The summed E-state index contributed by atoms with van der Waals surface area (Å²) >= 11 is 0. The second-order valence-electron chi connectivity index (χ2n) is 12.4. The lowest BCUT2D eigenvalue weighted by molar-refractivity contribution is 0.500. The van der Waals surface area contributed by atoms with Crippen LogP contribution in [-0.4, -0.2) is 0 Å². The van der Waals surface area contributed by atoms with Crippen molar-refractivity contribution in [2.75, 3.05) is 0 Å². The summed E-state index contributed by atoms with van der Waals surface area (Å²) < 4.78 is 27.7. The van der Waals surface area contributed by atoms with Crippen LogP contribution in [0.2, 0.25) is 0 Å². The molecule has 0 atom stereocenters. The Kier molecular flexibility index (Phi) is 9.85. The van der Waals surface area contributed by atoms with Crippen molar-refractivity contribution in [2.24, 2.45) is 0 Å². The van der Waals surface area contributed by atoms with Crippen LogP contribution in [0.1, 0.15) is 11.1 Å². The third-order valence-electron chi connectivity index (χ3n) is 8.77. The minimum absolute atomic E-state index is 0.736. The summed E-state index contributed by atoms with van der Waals surface area (Å²) in [4.78, 5) is 0. The monoisotopic (exact) mass is 714 g/mol. The van der Waals surface area contributed by atoms with Crippen molar-refractivity contribution in [2.45, 2.75) is 13.8 Å². The highest BCUT2D eigenvalue weighted by atomic mass is 31.2. The van der Waals surface area contributed by atoms with Crippen molar-refractivity contribution >= 4 is 48.9 Å². The summed E-state index contributed by atoms with van der Waals surface area (Å²) in [6, 6.07) is 61.3. The van der Waals surface area contributed by atoms with Crippen LogP contribution in [0.4, 0.5) is 0 Å². The molecule has 0 saturated heterocycles. The number of aryl methyl sites for hydroxylation is 2. The third-order valence-corrected chi connectivity index (χ3v) is 12.2. The molecule has 0 aromatic heterocycles. The Hall–Kier alpha value is -5.66. The van der Waals surface area contributed by atoms with E-state index in [4.69, 9.17) is 18.1 Å². The van der Waals surface area contributed by atoms with Crippen molar-refractivity contribution in [1.29, 1.82) is 0 Å². The maximum absolute atomic E-state index is 6.92. The van der Waals surface area contributed by atoms with Crippen LogP contribution >= 0.6 is 16.8 Å². The Morgan fingerprint density at radius 2 is 0.596 bits per heavy atom. The Bertz CT molecular complexity index is 2180. The van der Waals surface area contributed by atoms with Crippen molar-refractivity contribution in [3.63, 3.8) is 0 Å². The van der Waals surface area contributed by atoms with Gasteiger partial charge in [0.1, 0.15) is 23.0 Å². The normalized spacial score (nSPS) is 11.2. The van der Waals surface area contributed by atoms with Gasteiger partial charge in [-0.05, 0) is 95.1 Å². The second-order valence-corrected chi connectivity index (χ2v) is 15.1. The molecule has 254 valence electrons. The van der Waals surface area contributed by atoms with E-state index in [1.54, 1.807) is 0 Å². The second kappa shape index (κ2) is 15.3. The highest BCUT2D eigenvalue weighted by Gasteiger charge is 2.33. The minimum Gasteiger partial charge on any atom is -0.435 e. The molecule has 4 nitrogen and oxygen atoms in total. The van der Waals surface area contributed by atoms with Crippen LogP contribution in [-0.2, 0) is 0 Å². The molecule has 0 radical (unpaired) electrons. The van der Waals surface area contributed by atoms with E-state index in [0.717, 1.165) is 77.4 Å². The van der Waals surface area contributed by atoms with E-state index in [-0.39, 0.29) is 0 Å². The summed E-state index contributed by atoms with van der Waals surface area (Å²) in [7, 11) is -3.43. The van der Waals surface area contributed by atoms with E-state index < -0.39 is 16.8 Å². The highest BCUT2D eigenvalue weighted by molar-refractivity contribution is 7.58. The molecule has 0 spiro atoms. The molecule has 8 aromatic carbocycles. The molecular formula is C46H36O4P2. The van der Waals surface area contributed by atoms with Crippen molar-refractivity contribution < 1.29 is 18.1 Å². The van der Waals surface area contributed by atoms with E-state index in [2.05, 4.69) is 74.5 Å². The SMILES string of the molecule is Cc1cc2ccccc2c(-c2c(P(Oc3ccccc3)Oc3ccccc3)c(C)cc3ccccc23)c1P(Oc1ccccc1)Oc1ccccc1. The number of rotatable bonds is 11. The first-order valence-corrected chi connectivity index (χ1v) is 19.6. The molecule has 0 amide bonds. The minimum atomic E-state index is -1.71. The predicted molar refractivity (Wildman–Crippen MR) is 218 cm³/mol. The fourth-order valence-electron chi connectivity index (χ4n) is 6.46. The standard InChI is InChI=1S/C46H36O4P2/c1-33-31-35-19-15-17-29-41(35)43(45(33)51(47-37-21-7-3-8-22-37)48-38-23-9-4-10-24-38)44-42-30-18-16-20-36(42)32-34(2)46(44)52(49-39-25-11-5-12-26-39)50-40-27-13-6-14-28-40/h3-32H,1-2H3. The Morgan fingerprint density at radius 1 is 0.327 bits per heavy atom. The summed E-state index contributed by atoms with van der Waals surface area (Å²) in [5.41, 5.74) is 4.23. The first-order chi connectivity index (χ1) is 25.6. The number of hydrogen-bond acceptors (Lipinski definition) is 4.